The van der Waals surface area contributed by atoms with Crippen LogP contribution in [0.4, 0.5) is 13.2 Å². The average Bonchev–Trinajstić information content (AvgIpc) is 3.62. The van der Waals surface area contributed by atoms with Crippen LogP contribution in [0.25, 0.3) is 27.8 Å². The molecular formula is C33H33F3N4. The van der Waals surface area contributed by atoms with Gasteiger partial charge in [-0.15, -0.1) is 0 Å². The summed E-state index contributed by atoms with van der Waals surface area (Å²) in [5.41, 5.74) is 7.75. The van der Waals surface area contributed by atoms with Crippen LogP contribution in [0, 0.1) is 0 Å². The summed E-state index contributed by atoms with van der Waals surface area (Å²) >= 11 is 0. The second kappa shape index (κ2) is 9.66. The fourth-order valence-electron chi connectivity index (χ4n) is 6.24. The van der Waals surface area contributed by atoms with Gasteiger partial charge < -0.3 is 4.98 Å². The maximum atomic E-state index is 13.9. The minimum Gasteiger partial charge on any atom is -0.361 e. The van der Waals surface area contributed by atoms with Crippen LogP contribution in [0.15, 0.2) is 72.9 Å². The first-order valence-electron chi connectivity index (χ1n) is 13.8. The van der Waals surface area contributed by atoms with Crippen LogP contribution < -0.4 is 0 Å². The lowest BCUT2D eigenvalue weighted by molar-refractivity contribution is -0.138. The Morgan fingerprint density at radius 1 is 0.875 bits per heavy atom. The van der Waals surface area contributed by atoms with Gasteiger partial charge in [0, 0.05) is 41.3 Å². The molecule has 40 heavy (non-hydrogen) atoms. The molecule has 0 atom stereocenters. The van der Waals surface area contributed by atoms with E-state index in [0.717, 1.165) is 51.9 Å². The van der Waals surface area contributed by atoms with E-state index in [4.69, 9.17) is 5.10 Å². The summed E-state index contributed by atoms with van der Waals surface area (Å²) < 4.78 is 43.7. The van der Waals surface area contributed by atoms with Crippen LogP contribution in [0.5, 0.6) is 0 Å². The van der Waals surface area contributed by atoms with E-state index in [-0.39, 0.29) is 12.1 Å². The van der Waals surface area contributed by atoms with Gasteiger partial charge in [-0.3, -0.25) is 4.90 Å². The highest BCUT2D eigenvalue weighted by molar-refractivity contribution is 5.95. The molecule has 6 rings (SSSR count). The van der Waals surface area contributed by atoms with E-state index >= 15 is 0 Å². The van der Waals surface area contributed by atoms with Crippen molar-refractivity contribution in [2.75, 3.05) is 0 Å². The third-order valence-electron chi connectivity index (χ3n) is 8.41. The molecule has 1 aliphatic heterocycles. The number of hydrogen-bond acceptors (Lipinski definition) is 2. The summed E-state index contributed by atoms with van der Waals surface area (Å²) in [6, 6.07) is 20.6. The van der Waals surface area contributed by atoms with Crippen LogP contribution >= 0.6 is 0 Å². The number of alkyl halides is 3. The summed E-state index contributed by atoms with van der Waals surface area (Å²) in [4.78, 5) is 5.44. The van der Waals surface area contributed by atoms with Gasteiger partial charge in [0.15, 0.2) is 0 Å². The Morgan fingerprint density at radius 2 is 1.55 bits per heavy atom. The molecule has 0 unspecified atom stereocenters. The Labute approximate surface area is 232 Å². The standard InChI is InChI=1S/C33H33F3N4/c1-5-21-12-9-13-22(6-2)29(21)40-30(25-14-10-16-28-24(25)17-18-37-28)26-20-39(32(3,4)31(26)38-40)19-23-11-7-8-15-27(23)33(34,35)36/h7-18,37H,5-6,19-20H2,1-4H3. The molecule has 0 aliphatic carbocycles. The van der Waals surface area contributed by atoms with E-state index in [1.54, 1.807) is 12.1 Å². The number of rotatable bonds is 6. The first-order valence-corrected chi connectivity index (χ1v) is 13.8. The first kappa shape index (κ1) is 26.4. The molecule has 0 spiro atoms. The molecule has 0 amide bonds. The SMILES string of the molecule is CCc1cccc(CC)c1-n1nc2c(c1-c1cccc3[nH]ccc13)CN(Cc1ccccc1C(F)(F)F)C2(C)C. The molecule has 0 saturated heterocycles. The van der Waals surface area contributed by atoms with E-state index in [1.165, 1.54) is 23.3 Å². The number of nitrogens with zero attached hydrogens (tertiary/aromatic N) is 3. The van der Waals surface area contributed by atoms with Crippen molar-refractivity contribution in [3.8, 4) is 16.9 Å². The summed E-state index contributed by atoms with van der Waals surface area (Å²) in [5, 5.41) is 6.40. The lowest BCUT2D eigenvalue weighted by atomic mass is 9.97. The summed E-state index contributed by atoms with van der Waals surface area (Å²) in [6.45, 7) is 9.13. The van der Waals surface area contributed by atoms with Crippen molar-refractivity contribution >= 4 is 10.9 Å². The number of nitrogens with one attached hydrogen (secondary N) is 1. The number of para-hydroxylation sites is 1. The average molecular weight is 543 g/mol. The predicted octanol–water partition coefficient (Wildman–Crippen LogP) is 8.42. The number of benzene rings is 3. The largest absolute Gasteiger partial charge is 0.416 e. The van der Waals surface area contributed by atoms with Crippen LogP contribution in [0.2, 0.25) is 0 Å². The van der Waals surface area contributed by atoms with Crippen molar-refractivity contribution in [1.82, 2.24) is 19.7 Å². The molecule has 1 N–H and O–H groups in total. The van der Waals surface area contributed by atoms with E-state index in [2.05, 4.69) is 78.7 Å². The molecule has 0 fully saturated rings. The molecule has 5 aromatic rings. The molecular weight excluding hydrogens is 509 g/mol. The zero-order valence-electron chi connectivity index (χ0n) is 23.2. The number of aromatic nitrogens is 3. The molecule has 3 aromatic carbocycles. The van der Waals surface area contributed by atoms with Gasteiger partial charge in [-0.1, -0.05) is 62.4 Å². The minimum atomic E-state index is -4.40. The van der Waals surface area contributed by atoms with Crippen LogP contribution in [-0.4, -0.2) is 19.7 Å². The fraction of sp³-hybridized carbons (Fsp3) is 0.303. The highest BCUT2D eigenvalue weighted by Gasteiger charge is 2.44. The highest BCUT2D eigenvalue weighted by Crippen LogP contribution is 2.46. The Kier molecular flexibility index (Phi) is 6.37. The van der Waals surface area contributed by atoms with Gasteiger partial charge in [0.2, 0.25) is 0 Å². The molecule has 0 bridgehead atoms. The van der Waals surface area contributed by atoms with E-state index in [0.29, 0.717) is 6.54 Å². The molecule has 2 aromatic heterocycles. The number of H-pyrrole nitrogens is 1. The summed E-state index contributed by atoms with van der Waals surface area (Å²) in [6.07, 6.45) is -0.729. The Bertz CT molecular complexity index is 1680. The summed E-state index contributed by atoms with van der Waals surface area (Å²) in [5.74, 6) is 0. The first-order chi connectivity index (χ1) is 19.1. The Hall–Kier alpha value is -3.84. The minimum absolute atomic E-state index is 0.179. The molecule has 4 nitrogen and oxygen atoms in total. The smallest absolute Gasteiger partial charge is 0.361 e. The van der Waals surface area contributed by atoms with Crippen LogP contribution in [0.3, 0.4) is 0 Å². The van der Waals surface area contributed by atoms with Gasteiger partial charge in [0.25, 0.3) is 0 Å². The predicted molar refractivity (Wildman–Crippen MR) is 153 cm³/mol. The van der Waals surface area contributed by atoms with E-state index < -0.39 is 17.3 Å². The van der Waals surface area contributed by atoms with Crippen LogP contribution in [-0.2, 0) is 37.6 Å². The van der Waals surface area contributed by atoms with Gasteiger partial charge in [-0.05, 0) is 61.6 Å². The zero-order chi connectivity index (χ0) is 28.2. The molecule has 7 heteroatoms. The van der Waals surface area contributed by atoms with Crippen molar-refractivity contribution in [2.45, 2.75) is 65.3 Å². The molecule has 206 valence electrons. The van der Waals surface area contributed by atoms with Gasteiger partial charge >= 0.3 is 6.18 Å². The molecule has 1 aliphatic rings. The lowest BCUT2D eigenvalue weighted by Crippen LogP contribution is -2.36. The van der Waals surface area contributed by atoms with E-state index in [1.807, 2.05) is 12.3 Å². The number of aromatic amines is 1. The van der Waals surface area contributed by atoms with Crippen molar-refractivity contribution in [3.63, 3.8) is 0 Å². The number of fused-ring (bicyclic) bond motifs is 2. The number of hydrogen-bond donors (Lipinski definition) is 1. The van der Waals surface area contributed by atoms with Crippen LogP contribution in [0.1, 0.15) is 61.2 Å². The lowest BCUT2D eigenvalue weighted by Gasteiger charge is -2.32. The van der Waals surface area contributed by atoms with Gasteiger partial charge in [0.05, 0.1) is 28.2 Å². The second-order valence-electron chi connectivity index (χ2n) is 11.0. The van der Waals surface area contributed by atoms with Crippen molar-refractivity contribution in [3.05, 3.63) is 106 Å². The Balaban J connectivity index is 1.56. The monoisotopic (exact) mass is 542 g/mol. The van der Waals surface area contributed by atoms with E-state index in [9.17, 15) is 13.2 Å². The molecule has 0 radical (unpaired) electrons. The normalized spacial score (nSPS) is 15.2. The van der Waals surface area contributed by atoms with Gasteiger partial charge in [0.1, 0.15) is 0 Å². The maximum Gasteiger partial charge on any atom is 0.416 e. The second-order valence-corrected chi connectivity index (χ2v) is 11.0. The number of aryl methyl sites for hydroxylation is 2. The van der Waals surface area contributed by atoms with Crippen molar-refractivity contribution in [1.29, 1.82) is 0 Å². The third kappa shape index (κ3) is 4.15. The fourth-order valence-corrected chi connectivity index (χ4v) is 6.24. The van der Waals surface area contributed by atoms with Gasteiger partial charge in [-0.25, -0.2) is 4.68 Å². The van der Waals surface area contributed by atoms with Crippen molar-refractivity contribution in [2.24, 2.45) is 0 Å². The van der Waals surface area contributed by atoms with Gasteiger partial charge in [-0.2, -0.15) is 18.3 Å². The zero-order valence-corrected chi connectivity index (χ0v) is 23.2. The molecule has 0 saturated carbocycles. The number of halogens is 3. The Morgan fingerprint density at radius 3 is 2.25 bits per heavy atom. The topological polar surface area (TPSA) is 36.9 Å². The maximum absolute atomic E-state index is 13.9. The van der Waals surface area contributed by atoms with Crippen molar-refractivity contribution < 1.29 is 13.2 Å². The summed E-state index contributed by atoms with van der Waals surface area (Å²) in [7, 11) is 0. The molecule has 3 heterocycles. The third-order valence-corrected chi connectivity index (χ3v) is 8.41. The highest BCUT2D eigenvalue weighted by atomic mass is 19.4. The quantitative estimate of drug-likeness (QED) is 0.234.